The highest BCUT2D eigenvalue weighted by molar-refractivity contribution is 6.35. The number of halogens is 2. The number of aromatic nitrogens is 5. The SMILES string of the molecule is Cc1c([N+](=O)[O-])c(OCCCn2cc(Cl)c3cnc(Cl)nc32)nn1C1CCOCC1. The Labute approximate surface area is 181 Å². The molecule has 1 aliphatic heterocycles. The van der Waals surface area contributed by atoms with Crippen molar-refractivity contribution in [3.63, 3.8) is 0 Å². The van der Waals surface area contributed by atoms with Gasteiger partial charge in [0.25, 0.3) is 0 Å². The molecule has 1 saturated heterocycles. The van der Waals surface area contributed by atoms with Gasteiger partial charge in [-0.2, -0.15) is 4.98 Å². The zero-order chi connectivity index (χ0) is 21.3. The molecule has 0 N–H and O–H groups in total. The van der Waals surface area contributed by atoms with Crippen molar-refractivity contribution < 1.29 is 14.4 Å². The van der Waals surface area contributed by atoms with Crippen LogP contribution in [0, 0.1) is 17.0 Å². The maximum absolute atomic E-state index is 11.6. The van der Waals surface area contributed by atoms with Gasteiger partial charge in [0.15, 0.2) is 0 Å². The molecule has 0 unspecified atom stereocenters. The number of fused-ring (bicyclic) bond motifs is 1. The van der Waals surface area contributed by atoms with E-state index in [1.165, 1.54) is 0 Å². The van der Waals surface area contributed by atoms with Crippen molar-refractivity contribution in [3.05, 3.63) is 38.5 Å². The van der Waals surface area contributed by atoms with Crippen LogP contribution in [0.4, 0.5) is 5.69 Å². The van der Waals surface area contributed by atoms with E-state index >= 15 is 0 Å². The number of hydrogen-bond donors (Lipinski definition) is 0. The third-order valence-electron chi connectivity index (χ3n) is 5.13. The molecule has 0 atom stereocenters. The third-order valence-corrected chi connectivity index (χ3v) is 5.61. The molecule has 1 aliphatic rings. The highest BCUT2D eigenvalue weighted by Gasteiger charge is 2.30. The highest BCUT2D eigenvalue weighted by Crippen LogP contribution is 2.34. The molecule has 0 bridgehead atoms. The number of hydrogen-bond acceptors (Lipinski definition) is 7. The Morgan fingerprint density at radius 1 is 1.37 bits per heavy atom. The lowest BCUT2D eigenvalue weighted by Crippen LogP contribution is -2.21. The zero-order valence-electron chi connectivity index (χ0n) is 16.3. The lowest BCUT2D eigenvalue weighted by atomic mass is 10.1. The maximum atomic E-state index is 11.6. The van der Waals surface area contributed by atoms with E-state index in [0.717, 1.165) is 12.8 Å². The topological polar surface area (TPSA) is 110 Å². The summed E-state index contributed by atoms with van der Waals surface area (Å²) in [5.41, 5.74) is 1.04. The number of rotatable bonds is 7. The molecule has 4 rings (SSSR count). The molecule has 0 aliphatic carbocycles. The van der Waals surface area contributed by atoms with Crippen LogP contribution >= 0.6 is 23.2 Å². The van der Waals surface area contributed by atoms with Crippen LogP contribution in [-0.4, -0.2) is 49.1 Å². The summed E-state index contributed by atoms with van der Waals surface area (Å²) >= 11 is 12.1. The summed E-state index contributed by atoms with van der Waals surface area (Å²) < 4.78 is 14.6. The van der Waals surface area contributed by atoms with Gasteiger partial charge in [-0.15, -0.1) is 5.10 Å². The molecule has 0 radical (unpaired) electrons. The molecule has 4 heterocycles. The number of aryl methyl sites for hydroxylation is 1. The first-order valence-electron chi connectivity index (χ1n) is 9.56. The van der Waals surface area contributed by atoms with Crippen LogP contribution in [0.25, 0.3) is 11.0 Å². The Bertz CT molecular complexity index is 1080. The van der Waals surface area contributed by atoms with E-state index in [1.807, 2.05) is 4.57 Å². The van der Waals surface area contributed by atoms with Gasteiger partial charge in [-0.25, -0.2) is 4.98 Å². The van der Waals surface area contributed by atoms with Gasteiger partial charge in [-0.1, -0.05) is 11.6 Å². The monoisotopic (exact) mass is 454 g/mol. The Hall–Kier alpha value is -2.43. The second-order valence-electron chi connectivity index (χ2n) is 7.03. The first-order valence-corrected chi connectivity index (χ1v) is 10.3. The van der Waals surface area contributed by atoms with Gasteiger partial charge in [-0.05, 0) is 37.8 Å². The molecule has 12 heteroatoms. The lowest BCUT2D eigenvalue weighted by Gasteiger charge is -2.22. The molecule has 0 saturated carbocycles. The Balaban J connectivity index is 1.45. The average Bonchev–Trinajstić information content (AvgIpc) is 3.22. The van der Waals surface area contributed by atoms with Crippen molar-refractivity contribution >= 4 is 39.9 Å². The van der Waals surface area contributed by atoms with E-state index in [-0.39, 0.29) is 29.5 Å². The second kappa shape index (κ2) is 8.75. The van der Waals surface area contributed by atoms with E-state index in [2.05, 4.69) is 15.1 Å². The van der Waals surface area contributed by atoms with Crippen LogP contribution in [0.3, 0.4) is 0 Å². The fraction of sp³-hybridized carbons (Fsp3) is 0.500. The van der Waals surface area contributed by atoms with Gasteiger partial charge >= 0.3 is 11.6 Å². The Morgan fingerprint density at radius 3 is 2.87 bits per heavy atom. The number of nitrogens with zero attached hydrogens (tertiary/aromatic N) is 6. The minimum atomic E-state index is -0.439. The van der Waals surface area contributed by atoms with E-state index < -0.39 is 4.92 Å². The van der Waals surface area contributed by atoms with E-state index in [0.29, 0.717) is 47.9 Å². The summed E-state index contributed by atoms with van der Waals surface area (Å²) in [6, 6.07) is 0.0765. The van der Waals surface area contributed by atoms with Crippen LogP contribution in [0.15, 0.2) is 12.4 Å². The summed E-state index contributed by atoms with van der Waals surface area (Å²) in [7, 11) is 0. The summed E-state index contributed by atoms with van der Waals surface area (Å²) in [6.45, 7) is 3.74. The maximum Gasteiger partial charge on any atom is 0.352 e. The predicted octanol–water partition coefficient (Wildman–Crippen LogP) is 3.97. The van der Waals surface area contributed by atoms with Crippen LogP contribution in [-0.2, 0) is 11.3 Å². The lowest BCUT2D eigenvalue weighted by molar-refractivity contribution is -0.386. The summed E-state index contributed by atoms with van der Waals surface area (Å²) in [5, 5.41) is 17.4. The van der Waals surface area contributed by atoms with Crippen molar-refractivity contribution in [2.45, 2.75) is 38.8 Å². The minimum Gasteiger partial charge on any atom is -0.472 e. The van der Waals surface area contributed by atoms with Crippen LogP contribution in [0.2, 0.25) is 10.3 Å². The number of nitro groups is 1. The van der Waals surface area contributed by atoms with Crippen LogP contribution in [0.5, 0.6) is 5.88 Å². The first kappa shape index (κ1) is 20.8. The van der Waals surface area contributed by atoms with Crippen molar-refractivity contribution in [3.8, 4) is 5.88 Å². The quantitative estimate of drug-likeness (QED) is 0.229. The molecule has 30 heavy (non-hydrogen) atoms. The standard InChI is InChI=1S/C18H20Cl2N6O4/c1-11-15(26(27)28)17(23-25(11)12-3-7-29-8-4-12)30-6-2-5-24-10-14(19)13-9-21-18(20)22-16(13)24/h9-10,12H,2-8H2,1H3. The molecule has 10 nitrogen and oxygen atoms in total. The second-order valence-corrected chi connectivity index (χ2v) is 7.78. The molecule has 0 aromatic carbocycles. The summed E-state index contributed by atoms with van der Waals surface area (Å²) in [4.78, 5) is 19.3. The number of ether oxygens (including phenoxy) is 2. The van der Waals surface area contributed by atoms with E-state index in [4.69, 9.17) is 32.7 Å². The normalized spacial score (nSPS) is 15.0. The summed E-state index contributed by atoms with van der Waals surface area (Å²) in [5.74, 6) is 0.0461. The van der Waals surface area contributed by atoms with E-state index in [9.17, 15) is 10.1 Å². The minimum absolute atomic E-state index is 0.0461. The van der Waals surface area contributed by atoms with Crippen molar-refractivity contribution in [2.75, 3.05) is 19.8 Å². The molecule has 1 fully saturated rings. The molecule has 0 spiro atoms. The highest BCUT2D eigenvalue weighted by atomic mass is 35.5. The molecule has 3 aromatic rings. The van der Waals surface area contributed by atoms with E-state index in [1.54, 1.807) is 24.0 Å². The van der Waals surface area contributed by atoms with Gasteiger partial charge in [0.1, 0.15) is 11.3 Å². The Kier molecular flexibility index (Phi) is 6.07. The fourth-order valence-electron chi connectivity index (χ4n) is 3.66. The average molecular weight is 455 g/mol. The van der Waals surface area contributed by atoms with Gasteiger partial charge in [-0.3, -0.25) is 14.8 Å². The molecular formula is C18H20Cl2N6O4. The van der Waals surface area contributed by atoms with Gasteiger partial charge in [0, 0.05) is 32.2 Å². The molecule has 160 valence electrons. The van der Waals surface area contributed by atoms with Crippen molar-refractivity contribution in [1.29, 1.82) is 0 Å². The molecule has 0 amide bonds. The van der Waals surface area contributed by atoms with Gasteiger partial charge < -0.3 is 14.0 Å². The molecular weight excluding hydrogens is 435 g/mol. The van der Waals surface area contributed by atoms with Crippen LogP contribution < -0.4 is 4.74 Å². The zero-order valence-corrected chi connectivity index (χ0v) is 17.8. The smallest absolute Gasteiger partial charge is 0.352 e. The third kappa shape index (κ3) is 4.07. The first-order chi connectivity index (χ1) is 14.5. The fourth-order valence-corrected chi connectivity index (χ4v) is 4.04. The van der Waals surface area contributed by atoms with Gasteiger partial charge in [0.05, 0.1) is 28.0 Å². The van der Waals surface area contributed by atoms with Crippen LogP contribution in [0.1, 0.15) is 31.0 Å². The summed E-state index contributed by atoms with van der Waals surface area (Å²) in [6.07, 6.45) is 5.44. The molecule has 3 aromatic heterocycles. The predicted molar refractivity (Wildman–Crippen MR) is 110 cm³/mol. The van der Waals surface area contributed by atoms with Crippen molar-refractivity contribution in [1.82, 2.24) is 24.3 Å². The Morgan fingerprint density at radius 2 is 2.13 bits per heavy atom. The van der Waals surface area contributed by atoms with Crippen molar-refractivity contribution in [2.24, 2.45) is 0 Å². The van der Waals surface area contributed by atoms with Gasteiger partial charge in [0.2, 0.25) is 5.28 Å². The largest absolute Gasteiger partial charge is 0.472 e.